The minimum Gasteiger partial charge on any atom is -0.290 e. The summed E-state index contributed by atoms with van der Waals surface area (Å²) in [5.41, 5.74) is -0.0816. The van der Waals surface area contributed by atoms with E-state index in [2.05, 4.69) is 19.8 Å². The van der Waals surface area contributed by atoms with Gasteiger partial charge < -0.3 is 0 Å². The van der Waals surface area contributed by atoms with E-state index in [4.69, 9.17) is 5.14 Å². The molecule has 2 heterocycles. The van der Waals surface area contributed by atoms with E-state index in [1.54, 1.807) is 5.38 Å². The van der Waals surface area contributed by atoms with Gasteiger partial charge >= 0.3 is 0 Å². The third kappa shape index (κ3) is 2.26. The molecule has 0 saturated carbocycles. The van der Waals surface area contributed by atoms with Gasteiger partial charge in [-0.3, -0.25) is 4.57 Å². The number of rotatable bonds is 2. The summed E-state index contributed by atoms with van der Waals surface area (Å²) in [5, 5.41) is 17.9. The van der Waals surface area contributed by atoms with Gasteiger partial charge in [0.25, 0.3) is 15.2 Å². The molecule has 0 saturated heterocycles. The maximum absolute atomic E-state index is 11.5. The predicted octanol–water partition coefficient (Wildman–Crippen LogP) is 0.199. The fourth-order valence-electron chi connectivity index (χ4n) is 1.49. The molecule has 2 N–H and O–H groups in total. The lowest BCUT2D eigenvalue weighted by molar-refractivity contribution is 0.365. The Bertz CT molecular complexity index is 652. The molecule has 2 aromatic heterocycles. The summed E-state index contributed by atoms with van der Waals surface area (Å²) >= 11 is 1.15. The molecule has 8 nitrogen and oxygen atoms in total. The van der Waals surface area contributed by atoms with Crippen LogP contribution in [0.15, 0.2) is 10.5 Å². The number of sulfonamides is 1. The summed E-state index contributed by atoms with van der Waals surface area (Å²) in [6, 6.07) is 0. The van der Waals surface area contributed by atoms with E-state index in [0.29, 0.717) is 11.5 Å². The average Bonchev–Trinajstić information content (AvgIpc) is 2.83. The lowest BCUT2D eigenvalue weighted by Crippen LogP contribution is -2.29. The van der Waals surface area contributed by atoms with E-state index in [0.717, 1.165) is 11.5 Å². The van der Waals surface area contributed by atoms with E-state index < -0.39 is 15.6 Å². The maximum Gasteiger partial charge on any atom is 0.273 e. The first kappa shape index (κ1) is 13.1. The maximum atomic E-state index is 11.5. The normalized spacial score (nSPS) is 12.9. The van der Waals surface area contributed by atoms with E-state index in [-0.39, 0.29) is 5.16 Å². The average molecular weight is 288 g/mol. The molecule has 18 heavy (non-hydrogen) atoms. The van der Waals surface area contributed by atoms with Crippen molar-refractivity contribution in [3.63, 3.8) is 0 Å². The van der Waals surface area contributed by atoms with Crippen LogP contribution in [0.1, 0.15) is 20.8 Å². The van der Waals surface area contributed by atoms with Crippen molar-refractivity contribution >= 4 is 21.6 Å². The molecule has 0 atom stereocenters. The first-order chi connectivity index (χ1) is 8.21. The topological polar surface area (TPSA) is 117 Å². The second-order valence-electron chi connectivity index (χ2n) is 4.65. The summed E-state index contributed by atoms with van der Waals surface area (Å²) in [6.45, 7) is 5.48. The second-order valence-corrected chi connectivity index (χ2v) is 6.71. The number of primary sulfonamides is 1. The highest BCUT2D eigenvalue weighted by Crippen LogP contribution is 2.26. The van der Waals surface area contributed by atoms with Crippen molar-refractivity contribution in [2.45, 2.75) is 31.5 Å². The third-order valence-electron chi connectivity index (χ3n) is 2.15. The van der Waals surface area contributed by atoms with E-state index in [1.807, 2.05) is 20.8 Å². The minimum atomic E-state index is -3.94. The molecule has 0 aliphatic carbocycles. The van der Waals surface area contributed by atoms with Gasteiger partial charge in [0.2, 0.25) is 0 Å². The van der Waals surface area contributed by atoms with Crippen molar-refractivity contribution in [1.29, 1.82) is 0 Å². The Hall–Kier alpha value is -1.39. The summed E-state index contributed by atoms with van der Waals surface area (Å²) < 4.78 is 28.2. The van der Waals surface area contributed by atoms with Gasteiger partial charge in [0.1, 0.15) is 5.69 Å². The van der Waals surface area contributed by atoms with Gasteiger partial charge in [0.05, 0.1) is 0 Å². The Balaban J connectivity index is 2.75. The van der Waals surface area contributed by atoms with Crippen LogP contribution < -0.4 is 5.14 Å². The van der Waals surface area contributed by atoms with Crippen molar-refractivity contribution in [3.8, 4) is 11.5 Å². The molecule has 98 valence electrons. The molecule has 0 aromatic carbocycles. The highest BCUT2D eigenvalue weighted by molar-refractivity contribution is 7.89. The zero-order valence-electron chi connectivity index (χ0n) is 10.0. The molecule has 0 amide bonds. The molecular weight excluding hydrogens is 276 g/mol. The lowest BCUT2D eigenvalue weighted by atomic mass is 10.1. The van der Waals surface area contributed by atoms with Gasteiger partial charge in [-0.1, -0.05) is 4.49 Å². The molecule has 0 fully saturated rings. The lowest BCUT2D eigenvalue weighted by Gasteiger charge is -2.23. The van der Waals surface area contributed by atoms with Crippen LogP contribution in [-0.2, 0) is 15.6 Å². The van der Waals surface area contributed by atoms with E-state index in [1.165, 1.54) is 4.57 Å². The first-order valence-electron chi connectivity index (χ1n) is 4.97. The Morgan fingerprint density at radius 1 is 1.28 bits per heavy atom. The Labute approximate surface area is 108 Å². The van der Waals surface area contributed by atoms with Crippen LogP contribution in [0, 0.1) is 0 Å². The summed E-state index contributed by atoms with van der Waals surface area (Å²) in [4.78, 5) is 0. The molecular formula is C8H12N6O2S2. The molecule has 0 bridgehead atoms. The number of aromatic nitrogens is 5. The fraction of sp³-hybridized carbons (Fsp3) is 0.500. The van der Waals surface area contributed by atoms with Crippen LogP contribution in [0.2, 0.25) is 0 Å². The molecule has 0 unspecified atom stereocenters. The zero-order chi connectivity index (χ0) is 13.6. The highest BCUT2D eigenvalue weighted by atomic mass is 32.2. The Morgan fingerprint density at radius 3 is 2.39 bits per heavy atom. The van der Waals surface area contributed by atoms with Crippen LogP contribution in [-0.4, -0.2) is 32.8 Å². The van der Waals surface area contributed by atoms with Gasteiger partial charge in [-0.05, 0) is 32.3 Å². The highest BCUT2D eigenvalue weighted by Gasteiger charge is 2.30. The molecule has 2 aromatic rings. The van der Waals surface area contributed by atoms with Crippen LogP contribution in [0.3, 0.4) is 0 Å². The third-order valence-corrected chi connectivity index (χ3v) is 3.43. The Morgan fingerprint density at radius 2 is 1.94 bits per heavy atom. The molecule has 2 rings (SSSR count). The molecule has 0 spiro atoms. The van der Waals surface area contributed by atoms with Crippen molar-refractivity contribution < 1.29 is 8.42 Å². The SMILES string of the molecule is CC(C)(C)n1c(-c2csnn2)nnc1S(N)(=O)=O. The smallest absolute Gasteiger partial charge is 0.273 e. The van der Waals surface area contributed by atoms with Crippen LogP contribution in [0.5, 0.6) is 0 Å². The van der Waals surface area contributed by atoms with Crippen molar-refractivity contribution in [2.75, 3.05) is 0 Å². The van der Waals surface area contributed by atoms with Crippen LogP contribution in [0.4, 0.5) is 0 Å². The van der Waals surface area contributed by atoms with E-state index in [9.17, 15) is 8.42 Å². The predicted molar refractivity (Wildman–Crippen MR) is 65.3 cm³/mol. The summed E-state index contributed by atoms with van der Waals surface area (Å²) in [7, 11) is -3.94. The van der Waals surface area contributed by atoms with Gasteiger partial charge in [0, 0.05) is 10.9 Å². The van der Waals surface area contributed by atoms with Gasteiger partial charge in [0.15, 0.2) is 5.82 Å². The first-order valence-corrected chi connectivity index (χ1v) is 7.35. The van der Waals surface area contributed by atoms with Gasteiger partial charge in [-0.25, -0.2) is 13.6 Å². The monoisotopic (exact) mass is 288 g/mol. The van der Waals surface area contributed by atoms with Crippen LogP contribution in [0.25, 0.3) is 11.5 Å². The van der Waals surface area contributed by atoms with Crippen LogP contribution >= 0.6 is 11.5 Å². The van der Waals surface area contributed by atoms with Gasteiger partial charge in [-0.2, -0.15) is 0 Å². The Kier molecular flexibility index (Phi) is 2.95. The number of nitrogens with zero attached hydrogens (tertiary/aromatic N) is 5. The van der Waals surface area contributed by atoms with Gasteiger partial charge in [-0.15, -0.1) is 15.3 Å². The van der Waals surface area contributed by atoms with Crippen molar-refractivity contribution in [1.82, 2.24) is 24.4 Å². The second kappa shape index (κ2) is 4.07. The molecule has 0 aliphatic heterocycles. The van der Waals surface area contributed by atoms with Crippen molar-refractivity contribution in [3.05, 3.63) is 5.38 Å². The molecule has 0 aliphatic rings. The largest absolute Gasteiger partial charge is 0.290 e. The summed E-state index contributed by atoms with van der Waals surface area (Å²) in [5.74, 6) is 0.334. The number of hydrogen-bond donors (Lipinski definition) is 1. The fourth-order valence-corrected chi connectivity index (χ4v) is 2.69. The molecule has 0 radical (unpaired) electrons. The summed E-state index contributed by atoms with van der Waals surface area (Å²) in [6.07, 6.45) is 0. The quantitative estimate of drug-likeness (QED) is 0.843. The zero-order valence-corrected chi connectivity index (χ0v) is 11.7. The number of nitrogens with two attached hydrogens (primary N) is 1. The number of hydrogen-bond acceptors (Lipinski definition) is 7. The molecule has 10 heteroatoms. The van der Waals surface area contributed by atoms with E-state index >= 15 is 0 Å². The standard InChI is InChI=1S/C8H12N6O2S2/c1-8(2,3)14-6(5-4-17-13-10-5)11-12-7(14)18(9,15)16/h4H,1-3H3,(H2,9,15,16). The minimum absolute atomic E-state index is 0.280. The van der Waals surface area contributed by atoms with Crippen molar-refractivity contribution in [2.24, 2.45) is 5.14 Å².